The molecular formula is C15H19FN2O3. The van der Waals surface area contributed by atoms with E-state index in [0.717, 1.165) is 13.1 Å². The summed E-state index contributed by atoms with van der Waals surface area (Å²) in [6.45, 7) is 2.93. The van der Waals surface area contributed by atoms with Crippen LogP contribution in [0.1, 0.15) is 6.42 Å². The van der Waals surface area contributed by atoms with Gasteiger partial charge in [-0.2, -0.15) is 0 Å². The molecule has 2 saturated heterocycles. The van der Waals surface area contributed by atoms with Gasteiger partial charge in [0.15, 0.2) is 11.6 Å². The minimum absolute atomic E-state index is 0.0355. The molecule has 0 aliphatic carbocycles. The fraction of sp³-hybridized carbons (Fsp3) is 0.533. The highest BCUT2D eigenvalue weighted by Gasteiger charge is 2.38. The van der Waals surface area contributed by atoms with Gasteiger partial charge in [0, 0.05) is 19.6 Å². The molecule has 0 aromatic heterocycles. The number of nitrogens with zero attached hydrogens (tertiary/aromatic N) is 1. The number of amides is 1. The molecule has 1 amide bonds. The Morgan fingerprint density at radius 1 is 1.43 bits per heavy atom. The summed E-state index contributed by atoms with van der Waals surface area (Å²) in [6, 6.07) is 6.32. The molecule has 6 heteroatoms. The molecule has 1 N–H and O–H groups in total. The standard InChI is InChI=1S/C15H19FN2O3/c16-11-3-1-2-4-13(11)20-7-5-15(19)18-6-8-21-14-10-17-9-12(14)18/h1-4,12,14,17H,5-10H2/t12-,14+/m1/s1. The quantitative estimate of drug-likeness (QED) is 0.892. The van der Waals surface area contributed by atoms with Crippen molar-refractivity contribution in [3.63, 3.8) is 0 Å². The van der Waals surface area contributed by atoms with Crippen LogP contribution in [0.4, 0.5) is 4.39 Å². The number of ether oxygens (including phenoxy) is 2. The van der Waals surface area contributed by atoms with Gasteiger partial charge >= 0.3 is 0 Å². The van der Waals surface area contributed by atoms with E-state index in [9.17, 15) is 9.18 Å². The number of benzene rings is 1. The number of para-hydroxylation sites is 1. The lowest BCUT2D eigenvalue weighted by Gasteiger charge is -2.37. The number of rotatable bonds is 4. The zero-order valence-electron chi connectivity index (χ0n) is 11.8. The molecule has 2 aliphatic heterocycles. The van der Waals surface area contributed by atoms with Crippen LogP contribution in [0.25, 0.3) is 0 Å². The molecule has 0 spiro atoms. The number of halogens is 1. The number of hydrogen-bond donors (Lipinski definition) is 1. The zero-order valence-corrected chi connectivity index (χ0v) is 11.8. The maximum absolute atomic E-state index is 13.4. The Balaban J connectivity index is 1.51. The number of hydrogen-bond acceptors (Lipinski definition) is 4. The van der Waals surface area contributed by atoms with Crippen molar-refractivity contribution in [2.45, 2.75) is 18.6 Å². The third-order valence-electron chi connectivity index (χ3n) is 3.92. The van der Waals surface area contributed by atoms with Crippen LogP contribution in [0.5, 0.6) is 5.75 Å². The minimum Gasteiger partial charge on any atom is -0.490 e. The molecular weight excluding hydrogens is 275 g/mol. The number of fused-ring (bicyclic) bond motifs is 1. The van der Waals surface area contributed by atoms with Crippen molar-refractivity contribution in [2.75, 3.05) is 32.8 Å². The van der Waals surface area contributed by atoms with E-state index < -0.39 is 5.82 Å². The first-order chi connectivity index (χ1) is 10.3. The SMILES string of the molecule is O=C(CCOc1ccccc1F)N1CCO[C@H]2CNC[C@H]21. The zero-order chi connectivity index (χ0) is 14.7. The fourth-order valence-corrected chi connectivity index (χ4v) is 2.85. The van der Waals surface area contributed by atoms with Gasteiger partial charge < -0.3 is 19.7 Å². The lowest BCUT2D eigenvalue weighted by Crippen LogP contribution is -2.53. The Morgan fingerprint density at radius 2 is 2.29 bits per heavy atom. The summed E-state index contributed by atoms with van der Waals surface area (Å²) in [5.74, 6) is -0.183. The lowest BCUT2D eigenvalue weighted by molar-refractivity contribution is -0.143. The second-order valence-corrected chi connectivity index (χ2v) is 5.25. The lowest BCUT2D eigenvalue weighted by atomic mass is 10.1. The average molecular weight is 294 g/mol. The largest absolute Gasteiger partial charge is 0.490 e. The fourth-order valence-electron chi connectivity index (χ4n) is 2.85. The summed E-state index contributed by atoms with van der Waals surface area (Å²) >= 11 is 0. The van der Waals surface area contributed by atoms with E-state index in [1.807, 2.05) is 4.90 Å². The van der Waals surface area contributed by atoms with Crippen LogP contribution in [-0.2, 0) is 9.53 Å². The minimum atomic E-state index is -0.406. The Hall–Kier alpha value is -1.66. The molecule has 5 nitrogen and oxygen atoms in total. The summed E-state index contributed by atoms with van der Waals surface area (Å²) < 4.78 is 24.4. The molecule has 3 rings (SSSR count). The van der Waals surface area contributed by atoms with Gasteiger partial charge in [0.05, 0.1) is 31.8 Å². The van der Waals surface area contributed by atoms with Crippen molar-refractivity contribution < 1.29 is 18.7 Å². The molecule has 1 aromatic carbocycles. The van der Waals surface area contributed by atoms with Crippen LogP contribution < -0.4 is 10.1 Å². The van der Waals surface area contributed by atoms with Gasteiger partial charge in [0.2, 0.25) is 5.91 Å². The van der Waals surface area contributed by atoms with E-state index >= 15 is 0 Å². The number of carbonyl (C=O) groups excluding carboxylic acids is 1. The van der Waals surface area contributed by atoms with Crippen molar-refractivity contribution >= 4 is 5.91 Å². The van der Waals surface area contributed by atoms with Crippen LogP contribution in [0.3, 0.4) is 0 Å². The predicted molar refractivity (Wildman–Crippen MR) is 74.6 cm³/mol. The summed E-state index contributed by atoms with van der Waals surface area (Å²) in [5.41, 5.74) is 0. The van der Waals surface area contributed by atoms with E-state index in [0.29, 0.717) is 13.2 Å². The molecule has 0 radical (unpaired) electrons. The topological polar surface area (TPSA) is 50.8 Å². The third kappa shape index (κ3) is 3.16. The monoisotopic (exact) mass is 294 g/mol. The van der Waals surface area contributed by atoms with E-state index in [4.69, 9.17) is 9.47 Å². The molecule has 21 heavy (non-hydrogen) atoms. The normalized spacial score (nSPS) is 24.7. The van der Waals surface area contributed by atoms with E-state index in [1.54, 1.807) is 18.2 Å². The van der Waals surface area contributed by atoms with Crippen LogP contribution >= 0.6 is 0 Å². The van der Waals surface area contributed by atoms with Crippen LogP contribution in [0.15, 0.2) is 24.3 Å². The van der Waals surface area contributed by atoms with Crippen LogP contribution in [0, 0.1) is 5.82 Å². The molecule has 0 saturated carbocycles. The Morgan fingerprint density at radius 3 is 3.14 bits per heavy atom. The molecule has 0 bridgehead atoms. The maximum Gasteiger partial charge on any atom is 0.226 e. The Bertz CT molecular complexity index is 511. The molecule has 2 heterocycles. The number of nitrogens with one attached hydrogen (secondary N) is 1. The molecule has 2 fully saturated rings. The first kappa shape index (κ1) is 14.3. The summed E-state index contributed by atoms with van der Waals surface area (Å²) in [5, 5.41) is 3.24. The number of morpholine rings is 1. The first-order valence-corrected chi connectivity index (χ1v) is 7.25. The van der Waals surface area contributed by atoms with Crippen LogP contribution in [0.2, 0.25) is 0 Å². The summed E-state index contributed by atoms with van der Waals surface area (Å²) in [6.07, 6.45) is 0.340. The van der Waals surface area contributed by atoms with Crippen LogP contribution in [-0.4, -0.2) is 55.8 Å². The maximum atomic E-state index is 13.4. The van der Waals surface area contributed by atoms with Gasteiger partial charge in [0.1, 0.15) is 0 Å². The smallest absolute Gasteiger partial charge is 0.226 e. The molecule has 2 aliphatic rings. The van der Waals surface area contributed by atoms with E-state index in [1.165, 1.54) is 6.07 Å². The van der Waals surface area contributed by atoms with Crippen molar-refractivity contribution in [3.05, 3.63) is 30.1 Å². The average Bonchev–Trinajstić information content (AvgIpc) is 2.97. The van der Waals surface area contributed by atoms with Crippen molar-refractivity contribution in [3.8, 4) is 5.75 Å². The van der Waals surface area contributed by atoms with Gasteiger partial charge in [-0.25, -0.2) is 4.39 Å². The van der Waals surface area contributed by atoms with E-state index in [2.05, 4.69) is 5.32 Å². The summed E-state index contributed by atoms with van der Waals surface area (Å²) in [7, 11) is 0. The summed E-state index contributed by atoms with van der Waals surface area (Å²) in [4.78, 5) is 14.1. The number of carbonyl (C=O) groups is 1. The highest BCUT2D eigenvalue weighted by molar-refractivity contribution is 5.77. The second-order valence-electron chi connectivity index (χ2n) is 5.25. The third-order valence-corrected chi connectivity index (χ3v) is 3.92. The Kier molecular flexibility index (Phi) is 4.36. The molecule has 114 valence electrons. The first-order valence-electron chi connectivity index (χ1n) is 7.25. The highest BCUT2D eigenvalue weighted by Crippen LogP contribution is 2.19. The van der Waals surface area contributed by atoms with E-state index in [-0.39, 0.29) is 36.8 Å². The molecule has 2 atom stereocenters. The van der Waals surface area contributed by atoms with Gasteiger partial charge in [0.25, 0.3) is 0 Å². The Labute approximate surface area is 123 Å². The molecule has 1 aromatic rings. The highest BCUT2D eigenvalue weighted by atomic mass is 19.1. The molecule has 0 unspecified atom stereocenters. The van der Waals surface area contributed by atoms with Crippen molar-refractivity contribution in [1.82, 2.24) is 10.2 Å². The van der Waals surface area contributed by atoms with Crippen molar-refractivity contribution in [2.24, 2.45) is 0 Å². The van der Waals surface area contributed by atoms with Gasteiger partial charge in [-0.3, -0.25) is 4.79 Å². The van der Waals surface area contributed by atoms with Gasteiger partial charge in [-0.15, -0.1) is 0 Å². The predicted octanol–water partition coefficient (Wildman–Crippen LogP) is 0.794. The van der Waals surface area contributed by atoms with Crippen molar-refractivity contribution in [1.29, 1.82) is 0 Å². The second kappa shape index (κ2) is 6.41. The van der Waals surface area contributed by atoms with Gasteiger partial charge in [-0.1, -0.05) is 12.1 Å². The van der Waals surface area contributed by atoms with Gasteiger partial charge in [-0.05, 0) is 12.1 Å².